The van der Waals surface area contributed by atoms with Crippen molar-refractivity contribution in [2.24, 2.45) is 0 Å². The number of anilines is 1. The predicted octanol–water partition coefficient (Wildman–Crippen LogP) is 2.96. The number of amides is 2. The fourth-order valence-electron chi connectivity index (χ4n) is 3.49. The van der Waals surface area contributed by atoms with Crippen molar-refractivity contribution in [2.75, 3.05) is 18.0 Å². The molecule has 1 aliphatic heterocycles. The second kappa shape index (κ2) is 10.5. The van der Waals surface area contributed by atoms with E-state index in [9.17, 15) is 9.59 Å². The number of carboxylic acid groups (broad SMARTS) is 1. The summed E-state index contributed by atoms with van der Waals surface area (Å²) in [6.07, 6.45) is 5.19. The van der Waals surface area contributed by atoms with Crippen molar-refractivity contribution in [3.63, 3.8) is 0 Å². The maximum Gasteiger partial charge on any atom is 0.315 e. The highest BCUT2D eigenvalue weighted by atomic mass is 16.4. The van der Waals surface area contributed by atoms with E-state index in [0.717, 1.165) is 30.0 Å². The topological polar surface area (TPSA) is 94.6 Å². The van der Waals surface area contributed by atoms with Crippen LogP contribution in [0.1, 0.15) is 36.8 Å². The van der Waals surface area contributed by atoms with Gasteiger partial charge in [0.25, 0.3) is 0 Å². The summed E-state index contributed by atoms with van der Waals surface area (Å²) in [5.41, 5.74) is 1.98. The monoisotopic (exact) mass is 396 g/mol. The molecular weight excluding hydrogens is 368 g/mol. The summed E-state index contributed by atoms with van der Waals surface area (Å²) in [6, 6.07) is 13.2. The summed E-state index contributed by atoms with van der Waals surface area (Å²) in [6.45, 7) is 2.47. The minimum absolute atomic E-state index is 0.0136. The molecule has 7 nitrogen and oxygen atoms in total. The second-order valence-corrected chi connectivity index (χ2v) is 7.36. The Hall–Kier alpha value is -3.09. The largest absolute Gasteiger partial charge is 0.481 e. The Kier molecular flexibility index (Phi) is 7.44. The van der Waals surface area contributed by atoms with Gasteiger partial charge in [-0.15, -0.1) is 0 Å². The molecule has 0 aliphatic carbocycles. The molecule has 2 aromatic rings. The van der Waals surface area contributed by atoms with Gasteiger partial charge in [-0.25, -0.2) is 9.78 Å². The van der Waals surface area contributed by atoms with Gasteiger partial charge in [-0.2, -0.15) is 0 Å². The molecule has 1 saturated heterocycles. The number of carbonyl (C=O) groups is 2. The van der Waals surface area contributed by atoms with Gasteiger partial charge in [0.1, 0.15) is 5.82 Å². The van der Waals surface area contributed by atoms with Crippen LogP contribution >= 0.6 is 0 Å². The van der Waals surface area contributed by atoms with E-state index in [0.29, 0.717) is 19.4 Å². The van der Waals surface area contributed by atoms with Crippen LogP contribution in [0.25, 0.3) is 0 Å². The number of hydrogen-bond donors (Lipinski definition) is 3. The summed E-state index contributed by atoms with van der Waals surface area (Å²) in [5, 5.41) is 14.7. The molecule has 0 spiro atoms. The molecule has 1 aliphatic rings. The lowest BCUT2D eigenvalue weighted by atomic mass is 10.0. The molecule has 154 valence electrons. The van der Waals surface area contributed by atoms with Gasteiger partial charge in [-0.3, -0.25) is 4.79 Å². The fourth-order valence-corrected chi connectivity index (χ4v) is 3.49. The van der Waals surface area contributed by atoms with Crippen LogP contribution in [-0.2, 0) is 17.8 Å². The Balaban J connectivity index is 1.50. The summed E-state index contributed by atoms with van der Waals surface area (Å²) >= 11 is 0. The summed E-state index contributed by atoms with van der Waals surface area (Å²) in [4.78, 5) is 30.0. The Morgan fingerprint density at radius 2 is 1.83 bits per heavy atom. The lowest BCUT2D eigenvalue weighted by Gasteiger charge is -2.19. The molecular formula is C22H28N4O3. The molecule has 2 heterocycles. The molecule has 0 radical (unpaired) electrons. The van der Waals surface area contributed by atoms with Crippen LogP contribution in [0.4, 0.5) is 10.6 Å². The highest BCUT2D eigenvalue weighted by Crippen LogP contribution is 2.17. The zero-order chi connectivity index (χ0) is 20.5. The number of nitrogens with zero attached hydrogens (tertiary/aromatic N) is 2. The first-order valence-electron chi connectivity index (χ1n) is 10.1. The van der Waals surface area contributed by atoms with Crippen molar-refractivity contribution in [3.8, 4) is 0 Å². The van der Waals surface area contributed by atoms with Gasteiger partial charge >= 0.3 is 12.0 Å². The molecule has 0 saturated carbocycles. The third-order valence-corrected chi connectivity index (χ3v) is 5.06. The van der Waals surface area contributed by atoms with Crippen LogP contribution in [0, 0.1) is 0 Å². The smallest absolute Gasteiger partial charge is 0.315 e. The average molecular weight is 396 g/mol. The Morgan fingerprint density at radius 3 is 2.48 bits per heavy atom. The standard InChI is InChI=1S/C22H28N4O3/c27-21(28)11-9-19(14-17-6-2-1-3-7-17)25-22(29)24-16-18-8-10-20(23-15-18)26-12-4-5-13-26/h1-3,6-8,10,15,19H,4-5,9,11-14,16H2,(H,27,28)(H2,24,25,29). The van der Waals surface area contributed by atoms with E-state index in [2.05, 4.69) is 20.5 Å². The number of carboxylic acids is 1. The first kappa shape index (κ1) is 20.6. The molecule has 7 heteroatoms. The molecule has 3 N–H and O–H groups in total. The molecule has 1 atom stereocenters. The van der Waals surface area contributed by atoms with Gasteiger partial charge in [0, 0.05) is 38.3 Å². The van der Waals surface area contributed by atoms with Crippen LogP contribution in [0.3, 0.4) is 0 Å². The van der Waals surface area contributed by atoms with Crippen molar-refractivity contribution in [2.45, 2.75) is 44.7 Å². The van der Waals surface area contributed by atoms with Crippen molar-refractivity contribution >= 4 is 17.8 Å². The normalized spacial score (nSPS) is 14.4. The van der Waals surface area contributed by atoms with Gasteiger partial charge in [0.2, 0.25) is 0 Å². The third kappa shape index (κ3) is 6.78. The van der Waals surface area contributed by atoms with E-state index in [1.165, 1.54) is 12.8 Å². The quantitative estimate of drug-likeness (QED) is 0.606. The molecule has 1 unspecified atom stereocenters. The fraction of sp³-hybridized carbons (Fsp3) is 0.409. The molecule has 1 fully saturated rings. The maximum atomic E-state index is 12.3. The molecule has 29 heavy (non-hydrogen) atoms. The second-order valence-electron chi connectivity index (χ2n) is 7.36. The van der Waals surface area contributed by atoms with Crippen LogP contribution in [-0.4, -0.2) is 41.2 Å². The molecule has 2 amide bonds. The van der Waals surface area contributed by atoms with Crippen LogP contribution in [0.5, 0.6) is 0 Å². The molecule has 0 bridgehead atoms. The average Bonchev–Trinajstić information content (AvgIpc) is 3.26. The number of carbonyl (C=O) groups excluding carboxylic acids is 1. The lowest BCUT2D eigenvalue weighted by Crippen LogP contribution is -2.43. The van der Waals surface area contributed by atoms with E-state index in [1.54, 1.807) is 6.20 Å². The first-order valence-corrected chi connectivity index (χ1v) is 10.1. The van der Waals surface area contributed by atoms with Gasteiger partial charge in [0.15, 0.2) is 0 Å². The Morgan fingerprint density at radius 1 is 1.07 bits per heavy atom. The summed E-state index contributed by atoms with van der Waals surface area (Å²) in [7, 11) is 0. The highest BCUT2D eigenvalue weighted by Gasteiger charge is 2.15. The number of nitrogens with one attached hydrogen (secondary N) is 2. The van der Waals surface area contributed by atoms with Crippen molar-refractivity contribution in [3.05, 3.63) is 59.8 Å². The van der Waals surface area contributed by atoms with Gasteiger partial charge in [-0.1, -0.05) is 36.4 Å². The van der Waals surface area contributed by atoms with E-state index in [1.807, 2.05) is 42.5 Å². The number of aliphatic carboxylic acids is 1. The van der Waals surface area contributed by atoms with Crippen LogP contribution in [0.2, 0.25) is 0 Å². The third-order valence-electron chi connectivity index (χ3n) is 5.06. The van der Waals surface area contributed by atoms with Crippen molar-refractivity contribution in [1.29, 1.82) is 0 Å². The SMILES string of the molecule is O=C(O)CCC(Cc1ccccc1)NC(=O)NCc1ccc(N2CCCC2)nc1. The van der Waals surface area contributed by atoms with Gasteiger partial charge in [0.05, 0.1) is 0 Å². The molecule has 3 rings (SSSR count). The number of hydrogen-bond acceptors (Lipinski definition) is 4. The number of benzene rings is 1. The van der Waals surface area contributed by atoms with E-state index in [-0.39, 0.29) is 18.5 Å². The zero-order valence-electron chi connectivity index (χ0n) is 16.5. The van der Waals surface area contributed by atoms with Crippen molar-refractivity contribution < 1.29 is 14.7 Å². The summed E-state index contributed by atoms with van der Waals surface area (Å²) < 4.78 is 0. The minimum Gasteiger partial charge on any atom is -0.481 e. The number of urea groups is 1. The number of aromatic nitrogens is 1. The minimum atomic E-state index is -0.866. The van der Waals surface area contributed by atoms with Crippen LogP contribution < -0.4 is 15.5 Å². The molecule has 1 aromatic heterocycles. The van der Waals surface area contributed by atoms with Gasteiger partial charge < -0.3 is 20.6 Å². The summed E-state index contributed by atoms with van der Waals surface area (Å²) in [5.74, 6) is 0.113. The van der Waals surface area contributed by atoms with Gasteiger partial charge in [-0.05, 0) is 42.9 Å². The van der Waals surface area contributed by atoms with E-state index < -0.39 is 5.97 Å². The van der Waals surface area contributed by atoms with Crippen molar-refractivity contribution in [1.82, 2.24) is 15.6 Å². The zero-order valence-corrected chi connectivity index (χ0v) is 16.5. The lowest BCUT2D eigenvalue weighted by molar-refractivity contribution is -0.137. The highest BCUT2D eigenvalue weighted by molar-refractivity contribution is 5.74. The first-order chi connectivity index (χ1) is 14.1. The number of rotatable bonds is 9. The van der Waals surface area contributed by atoms with E-state index >= 15 is 0 Å². The Labute approximate surface area is 171 Å². The maximum absolute atomic E-state index is 12.3. The van der Waals surface area contributed by atoms with Crippen LogP contribution in [0.15, 0.2) is 48.7 Å². The number of pyridine rings is 1. The predicted molar refractivity (Wildman–Crippen MR) is 112 cm³/mol. The van der Waals surface area contributed by atoms with E-state index in [4.69, 9.17) is 5.11 Å². The molecule has 1 aromatic carbocycles. The Bertz CT molecular complexity index is 789.